The average Bonchev–Trinajstić information content (AvgIpc) is 2.48. The van der Waals surface area contributed by atoms with E-state index in [0.29, 0.717) is 0 Å². The molecular weight excluding hydrogens is 282 g/mol. The van der Waals surface area contributed by atoms with Crippen LogP contribution in [0.3, 0.4) is 0 Å². The Balaban J connectivity index is 2.20. The maximum atomic E-state index is 14.0. The van der Waals surface area contributed by atoms with Crippen molar-refractivity contribution in [3.05, 3.63) is 70.3 Å². The summed E-state index contributed by atoms with van der Waals surface area (Å²) >= 11 is 0. The second kappa shape index (κ2) is 5.66. The number of nitrogens with one attached hydrogen (secondary N) is 1. The van der Waals surface area contributed by atoms with E-state index in [1.807, 2.05) is 0 Å². The van der Waals surface area contributed by atoms with Crippen molar-refractivity contribution in [3.63, 3.8) is 0 Å². The minimum Gasteiger partial charge on any atom is -0.321 e. The highest BCUT2D eigenvalue weighted by molar-refractivity contribution is 5.96. The number of rotatable bonds is 4. The van der Waals surface area contributed by atoms with Crippen molar-refractivity contribution in [2.75, 3.05) is 5.32 Å². The fraction of sp³-hybridized carbons (Fsp3) is 0.0714. The fourth-order valence-electron chi connectivity index (χ4n) is 1.65. The molecule has 0 bridgehead atoms. The van der Waals surface area contributed by atoms with Crippen LogP contribution in [0.4, 0.5) is 20.2 Å². The summed E-state index contributed by atoms with van der Waals surface area (Å²) in [4.78, 5) is 21.4. The number of alkyl halides is 2. The Labute approximate surface area is 118 Å². The first-order valence-electron chi connectivity index (χ1n) is 5.90. The third kappa shape index (κ3) is 3.19. The van der Waals surface area contributed by atoms with E-state index in [1.165, 1.54) is 12.1 Å². The molecule has 0 aromatic heterocycles. The molecule has 0 heterocycles. The molecule has 0 saturated heterocycles. The molecule has 1 amide bonds. The van der Waals surface area contributed by atoms with Gasteiger partial charge in [-0.2, -0.15) is 8.78 Å². The van der Waals surface area contributed by atoms with Crippen LogP contribution in [0.15, 0.2) is 54.6 Å². The Morgan fingerprint density at radius 1 is 1.05 bits per heavy atom. The van der Waals surface area contributed by atoms with Gasteiger partial charge in [-0.1, -0.05) is 18.2 Å². The van der Waals surface area contributed by atoms with Crippen LogP contribution in [0.2, 0.25) is 0 Å². The number of carbonyl (C=O) groups excluding carboxylic acids is 1. The summed E-state index contributed by atoms with van der Waals surface area (Å²) in [5, 5.41) is 12.6. The highest BCUT2D eigenvalue weighted by atomic mass is 19.3. The lowest BCUT2D eigenvalue weighted by atomic mass is 10.1. The lowest BCUT2D eigenvalue weighted by Crippen LogP contribution is -2.32. The number of anilines is 1. The number of hydrogen-bond donors (Lipinski definition) is 1. The van der Waals surface area contributed by atoms with Gasteiger partial charge in [0.15, 0.2) is 0 Å². The van der Waals surface area contributed by atoms with Gasteiger partial charge in [0, 0.05) is 23.4 Å². The molecule has 0 atom stereocenters. The molecule has 2 rings (SSSR count). The zero-order valence-electron chi connectivity index (χ0n) is 10.6. The molecule has 5 nitrogen and oxygen atoms in total. The van der Waals surface area contributed by atoms with Crippen LogP contribution in [0.25, 0.3) is 0 Å². The van der Waals surface area contributed by atoms with Gasteiger partial charge in [0.25, 0.3) is 11.6 Å². The quantitative estimate of drug-likeness (QED) is 0.694. The normalized spacial score (nSPS) is 11.0. The number of carbonyl (C=O) groups is 1. The van der Waals surface area contributed by atoms with Crippen LogP contribution in [0, 0.1) is 10.1 Å². The summed E-state index contributed by atoms with van der Waals surface area (Å²) in [6.45, 7) is 0. The predicted molar refractivity (Wildman–Crippen MR) is 72.1 cm³/mol. The van der Waals surface area contributed by atoms with Crippen molar-refractivity contribution < 1.29 is 18.5 Å². The number of nitro benzene ring substituents is 1. The number of halogens is 2. The molecule has 2 aromatic rings. The van der Waals surface area contributed by atoms with Gasteiger partial charge in [0.05, 0.1) is 4.92 Å². The van der Waals surface area contributed by atoms with Crippen molar-refractivity contribution in [2.45, 2.75) is 5.92 Å². The van der Waals surface area contributed by atoms with E-state index >= 15 is 0 Å². The molecule has 0 saturated carbocycles. The molecule has 0 unspecified atom stereocenters. The van der Waals surface area contributed by atoms with Gasteiger partial charge in [0.2, 0.25) is 0 Å². The minimum absolute atomic E-state index is 0.240. The molecular formula is C14H10F2N2O3. The summed E-state index contributed by atoms with van der Waals surface area (Å²) in [7, 11) is 0. The molecule has 2 aromatic carbocycles. The third-order valence-corrected chi connectivity index (χ3v) is 2.76. The minimum atomic E-state index is -3.79. The molecule has 0 aliphatic rings. The third-order valence-electron chi connectivity index (χ3n) is 2.76. The Kier molecular flexibility index (Phi) is 3.93. The number of non-ortho nitro benzene ring substituents is 1. The van der Waals surface area contributed by atoms with Crippen LogP contribution in [0.1, 0.15) is 5.56 Å². The van der Waals surface area contributed by atoms with Gasteiger partial charge in [-0.3, -0.25) is 14.9 Å². The molecule has 0 aliphatic carbocycles. The van der Waals surface area contributed by atoms with E-state index in [0.717, 1.165) is 24.3 Å². The van der Waals surface area contributed by atoms with Crippen LogP contribution in [-0.2, 0) is 10.7 Å². The summed E-state index contributed by atoms with van der Waals surface area (Å²) in [5.41, 5.74) is -0.691. The summed E-state index contributed by atoms with van der Waals surface area (Å²) in [5.74, 6) is -5.28. The van der Waals surface area contributed by atoms with Crippen molar-refractivity contribution in [1.29, 1.82) is 0 Å². The van der Waals surface area contributed by atoms with Crippen LogP contribution in [0.5, 0.6) is 0 Å². The van der Waals surface area contributed by atoms with Crippen molar-refractivity contribution in [2.24, 2.45) is 0 Å². The predicted octanol–water partition coefficient (Wildman–Crippen LogP) is 3.33. The van der Waals surface area contributed by atoms with Gasteiger partial charge < -0.3 is 5.32 Å². The van der Waals surface area contributed by atoms with E-state index in [1.54, 1.807) is 18.2 Å². The maximum Gasteiger partial charge on any atom is 0.350 e. The highest BCUT2D eigenvalue weighted by Gasteiger charge is 2.41. The number of hydrogen-bond acceptors (Lipinski definition) is 3. The van der Waals surface area contributed by atoms with Gasteiger partial charge in [-0.25, -0.2) is 0 Å². The SMILES string of the molecule is O=C(Nc1ccccc1)C(F)(F)c1ccc([N+](=O)[O-])cc1. The van der Waals surface area contributed by atoms with Crippen molar-refractivity contribution in [1.82, 2.24) is 0 Å². The summed E-state index contributed by atoms with van der Waals surface area (Å²) in [6.07, 6.45) is 0. The molecule has 0 fully saturated rings. The first-order valence-corrected chi connectivity index (χ1v) is 5.90. The van der Waals surface area contributed by atoms with Gasteiger partial charge in [0.1, 0.15) is 0 Å². The smallest absolute Gasteiger partial charge is 0.321 e. The molecule has 21 heavy (non-hydrogen) atoms. The lowest BCUT2D eigenvalue weighted by Gasteiger charge is -2.16. The van der Waals surface area contributed by atoms with Crippen LogP contribution in [-0.4, -0.2) is 10.8 Å². The Bertz CT molecular complexity index is 658. The largest absolute Gasteiger partial charge is 0.350 e. The monoisotopic (exact) mass is 292 g/mol. The van der Waals surface area contributed by atoms with Gasteiger partial charge in [-0.15, -0.1) is 0 Å². The van der Waals surface area contributed by atoms with E-state index in [4.69, 9.17) is 0 Å². The van der Waals surface area contributed by atoms with Crippen LogP contribution < -0.4 is 5.32 Å². The van der Waals surface area contributed by atoms with E-state index in [9.17, 15) is 23.7 Å². The Hall–Kier alpha value is -2.83. The first kappa shape index (κ1) is 14.6. The molecule has 0 aliphatic heterocycles. The zero-order valence-corrected chi connectivity index (χ0v) is 10.6. The van der Waals surface area contributed by atoms with Gasteiger partial charge in [-0.05, 0) is 24.3 Å². The van der Waals surface area contributed by atoms with Crippen molar-refractivity contribution in [3.8, 4) is 0 Å². The Morgan fingerprint density at radius 2 is 1.62 bits per heavy atom. The van der Waals surface area contributed by atoms with Gasteiger partial charge >= 0.3 is 5.92 Å². The Morgan fingerprint density at radius 3 is 2.14 bits per heavy atom. The zero-order chi connectivity index (χ0) is 15.5. The lowest BCUT2D eigenvalue weighted by molar-refractivity contribution is -0.384. The molecule has 7 heteroatoms. The molecule has 108 valence electrons. The van der Waals surface area contributed by atoms with E-state index < -0.39 is 22.3 Å². The molecule has 0 spiro atoms. The topological polar surface area (TPSA) is 72.2 Å². The molecule has 0 radical (unpaired) electrons. The maximum absolute atomic E-state index is 14.0. The number of nitro groups is 1. The van der Waals surface area contributed by atoms with E-state index in [2.05, 4.69) is 5.32 Å². The highest BCUT2D eigenvalue weighted by Crippen LogP contribution is 2.30. The summed E-state index contributed by atoms with van der Waals surface area (Å²) < 4.78 is 28.0. The molecule has 1 N–H and O–H groups in total. The number of benzene rings is 2. The standard InChI is InChI=1S/C14H10F2N2O3/c15-14(16,10-6-8-12(9-7-10)18(20)21)13(19)17-11-4-2-1-3-5-11/h1-9H,(H,17,19). The fourth-order valence-corrected chi connectivity index (χ4v) is 1.65. The second-order valence-electron chi connectivity index (χ2n) is 4.20. The summed E-state index contributed by atoms with van der Waals surface area (Å²) in [6, 6.07) is 11.4. The number of para-hydroxylation sites is 1. The number of amides is 1. The van der Waals surface area contributed by atoms with Crippen molar-refractivity contribution >= 4 is 17.3 Å². The van der Waals surface area contributed by atoms with E-state index in [-0.39, 0.29) is 11.4 Å². The number of nitrogens with zero attached hydrogens (tertiary/aromatic N) is 1. The van der Waals surface area contributed by atoms with Crippen LogP contribution >= 0.6 is 0 Å². The average molecular weight is 292 g/mol. The second-order valence-corrected chi connectivity index (χ2v) is 4.20. The first-order chi connectivity index (χ1) is 9.91.